The zero-order valence-electron chi connectivity index (χ0n) is 18.6. The van der Waals surface area contributed by atoms with E-state index in [1.807, 2.05) is 34.1 Å². The first-order valence-corrected chi connectivity index (χ1v) is 11.2. The van der Waals surface area contributed by atoms with Crippen LogP contribution in [-0.4, -0.2) is 48.0 Å². The van der Waals surface area contributed by atoms with Crippen LogP contribution in [0.3, 0.4) is 0 Å². The molecule has 0 saturated carbocycles. The predicted molar refractivity (Wildman–Crippen MR) is 119 cm³/mol. The standard InChI is InChI=1S/C24H31FN4O2/c1-16-8-10-28(13-16)23-22(25)24(27-15-26-23)29-11-9-21(14-29)31-20-6-4-19(5-7-20)17(2)12-18(3)30/h4-7,15-17,21H,8-14H2,1-3H3/t16-,17+,21+/m0/s1. The molecule has 166 valence electrons. The van der Waals surface area contributed by atoms with Gasteiger partial charge in [-0.3, -0.25) is 0 Å². The van der Waals surface area contributed by atoms with Crippen LogP contribution in [0.15, 0.2) is 30.6 Å². The molecule has 4 rings (SSSR count). The fourth-order valence-corrected chi connectivity index (χ4v) is 4.55. The van der Waals surface area contributed by atoms with E-state index in [4.69, 9.17) is 4.74 Å². The summed E-state index contributed by atoms with van der Waals surface area (Å²) in [6.07, 6.45) is 3.85. The van der Waals surface area contributed by atoms with Crippen LogP contribution < -0.4 is 14.5 Å². The van der Waals surface area contributed by atoms with Crippen molar-refractivity contribution in [2.45, 2.75) is 52.1 Å². The Bertz CT molecular complexity index is 920. The fraction of sp³-hybridized carbons (Fsp3) is 0.542. The Labute approximate surface area is 183 Å². The van der Waals surface area contributed by atoms with E-state index in [0.717, 1.165) is 37.2 Å². The van der Waals surface area contributed by atoms with Gasteiger partial charge in [0.05, 0.1) is 6.54 Å². The topological polar surface area (TPSA) is 58.6 Å². The van der Waals surface area contributed by atoms with Crippen LogP contribution in [0, 0.1) is 11.7 Å². The van der Waals surface area contributed by atoms with Gasteiger partial charge >= 0.3 is 0 Å². The van der Waals surface area contributed by atoms with Crippen LogP contribution in [0.25, 0.3) is 0 Å². The lowest BCUT2D eigenvalue weighted by atomic mass is 9.96. The van der Waals surface area contributed by atoms with E-state index in [1.165, 1.54) is 6.33 Å². The van der Waals surface area contributed by atoms with Crippen molar-refractivity contribution < 1.29 is 13.9 Å². The van der Waals surface area contributed by atoms with Gasteiger partial charge in [0.2, 0.25) is 5.82 Å². The maximum atomic E-state index is 15.2. The van der Waals surface area contributed by atoms with Gasteiger partial charge in [-0.15, -0.1) is 0 Å². The minimum absolute atomic E-state index is 0.0230. The van der Waals surface area contributed by atoms with Crippen molar-refractivity contribution in [1.29, 1.82) is 0 Å². The summed E-state index contributed by atoms with van der Waals surface area (Å²) in [4.78, 5) is 23.8. The van der Waals surface area contributed by atoms with Gasteiger partial charge in [0.1, 0.15) is 24.0 Å². The SMILES string of the molecule is CC(=O)C[C@@H](C)c1ccc(O[C@@H]2CCN(c3ncnc(N4CC[C@H](C)C4)c3F)C2)cc1. The minimum atomic E-state index is -0.332. The van der Waals surface area contributed by atoms with E-state index in [9.17, 15) is 4.79 Å². The van der Waals surface area contributed by atoms with Crippen LogP contribution in [0.4, 0.5) is 16.0 Å². The lowest BCUT2D eigenvalue weighted by Crippen LogP contribution is -2.28. The van der Waals surface area contributed by atoms with E-state index in [0.29, 0.717) is 37.1 Å². The van der Waals surface area contributed by atoms with Crippen LogP contribution in [0.1, 0.15) is 51.5 Å². The molecule has 2 aliphatic rings. The first-order valence-electron chi connectivity index (χ1n) is 11.2. The van der Waals surface area contributed by atoms with Gasteiger partial charge in [-0.05, 0) is 42.9 Å². The van der Waals surface area contributed by atoms with Crippen molar-refractivity contribution in [2.24, 2.45) is 5.92 Å². The second-order valence-electron chi connectivity index (χ2n) is 9.03. The Balaban J connectivity index is 1.38. The molecule has 2 saturated heterocycles. The minimum Gasteiger partial charge on any atom is -0.489 e. The van der Waals surface area contributed by atoms with Crippen molar-refractivity contribution >= 4 is 17.4 Å². The van der Waals surface area contributed by atoms with Gasteiger partial charge in [-0.2, -0.15) is 4.39 Å². The summed E-state index contributed by atoms with van der Waals surface area (Å²) in [6.45, 7) is 8.81. The molecular weight excluding hydrogens is 395 g/mol. The van der Waals surface area contributed by atoms with Crippen molar-refractivity contribution in [1.82, 2.24) is 9.97 Å². The first kappa shape index (κ1) is 21.5. The van der Waals surface area contributed by atoms with Gasteiger partial charge < -0.3 is 19.3 Å². The quantitative estimate of drug-likeness (QED) is 0.661. The number of halogens is 1. The molecule has 0 aliphatic carbocycles. The number of ketones is 1. The summed E-state index contributed by atoms with van der Waals surface area (Å²) in [5.41, 5.74) is 1.13. The van der Waals surface area contributed by atoms with Gasteiger partial charge in [0.15, 0.2) is 11.6 Å². The number of carbonyl (C=O) groups is 1. The molecule has 3 atom stereocenters. The number of Topliss-reactive ketones (excluding diaryl/α,β-unsaturated/α-hetero) is 1. The highest BCUT2D eigenvalue weighted by Gasteiger charge is 2.30. The van der Waals surface area contributed by atoms with E-state index in [-0.39, 0.29) is 23.6 Å². The molecule has 2 aromatic rings. The Morgan fingerprint density at radius 3 is 2.39 bits per heavy atom. The van der Waals surface area contributed by atoms with E-state index < -0.39 is 0 Å². The number of rotatable bonds is 7. The van der Waals surface area contributed by atoms with Crippen molar-refractivity contribution in [3.05, 3.63) is 42.0 Å². The molecule has 1 aromatic carbocycles. The number of anilines is 2. The first-order chi connectivity index (χ1) is 14.9. The molecule has 0 N–H and O–H groups in total. The highest BCUT2D eigenvalue weighted by atomic mass is 19.1. The Morgan fingerprint density at radius 2 is 1.77 bits per heavy atom. The number of carbonyl (C=O) groups excluding carboxylic acids is 1. The van der Waals surface area contributed by atoms with Crippen LogP contribution >= 0.6 is 0 Å². The van der Waals surface area contributed by atoms with Gasteiger partial charge in [-0.1, -0.05) is 26.0 Å². The molecule has 0 radical (unpaired) electrons. The molecule has 7 heteroatoms. The summed E-state index contributed by atoms with van der Waals surface area (Å²) in [7, 11) is 0. The third-order valence-electron chi connectivity index (χ3n) is 6.27. The number of ether oxygens (including phenoxy) is 1. The molecule has 2 fully saturated rings. The number of hydrogen-bond acceptors (Lipinski definition) is 6. The fourth-order valence-electron chi connectivity index (χ4n) is 4.55. The average Bonchev–Trinajstić information content (AvgIpc) is 3.37. The Hall–Kier alpha value is -2.70. The third-order valence-corrected chi connectivity index (χ3v) is 6.27. The smallest absolute Gasteiger partial charge is 0.208 e. The predicted octanol–water partition coefficient (Wildman–Crippen LogP) is 4.20. The lowest BCUT2D eigenvalue weighted by Gasteiger charge is -2.22. The highest BCUT2D eigenvalue weighted by Crippen LogP contribution is 2.31. The molecule has 0 unspecified atom stereocenters. The van der Waals surface area contributed by atoms with Crippen molar-refractivity contribution in [2.75, 3.05) is 36.0 Å². The lowest BCUT2D eigenvalue weighted by molar-refractivity contribution is -0.117. The largest absolute Gasteiger partial charge is 0.489 e. The number of aromatic nitrogens is 2. The molecule has 3 heterocycles. The van der Waals surface area contributed by atoms with E-state index in [2.05, 4.69) is 23.8 Å². The summed E-state index contributed by atoms with van der Waals surface area (Å²) in [5.74, 6) is 2.18. The molecule has 0 spiro atoms. The van der Waals surface area contributed by atoms with Crippen LogP contribution in [0.5, 0.6) is 5.75 Å². The summed E-state index contributed by atoms with van der Waals surface area (Å²) in [5, 5.41) is 0. The van der Waals surface area contributed by atoms with Gasteiger partial charge in [0, 0.05) is 32.5 Å². The Kier molecular flexibility index (Phi) is 6.39. The molecule has 6 nitrogen and oxygen atoms in total. The number of hydrogen-bond donors (Lipinski definition) is 0. The zero-order chi connectivity index (χ0) is 22.0. The van der Waals surface area contributed by atoms with Crippen LogP contribution in [-0.2, 0) is 4.79 Å². The normalized spacial score (nSPS) is 22.1. The molecule has 1 aromatic heterocycles. The van der Waals surface area contributed by atoms with Crippen molar-refractivity contribution in [3.63, 3.8) is 0 Å². The van der Waals surface area contributed by atoms with Gasteiger partial charge in [-0.25, -0.2) is 9.97 Å². The maximum absolute atomic E-state index is 15.2. The molecule has 2 aliphatic heterocycles. The Morgan fingerprint density at radius 1 is 1.13 bits per heavy atom. The second kappa shape index (κ2) is 9.20. The molecule has 0 bridgehead atoms. The second-order valence-corrected chi connectivity index (χ2v) is 9.03. The van der Waals surface area contributed by atoms with E-state index >= 15 is 4.39 Å². The molecule has 31 heavy (non-hydrogen) atoms. The zero-order valence-corrected chi connectivity index (χ0v) is 18.6. The summed E-state index contributed by atoms with van der Waals surface area (Å²) in [6, 6.07) is 7.94. The number of benzene rings is 1. The summed E-state index contributed by atoms with van der Waals surface area (Å²) >= 11 is 0. The maximum Gasteiger partial charge on any atom is 0.208 e. The monoisotopic (exact) mass is 426 g/mol. The highest BCUT2D eigenvalue weighted by molar-refractivity contribution is 5.76. The number of nitrogens with zero attached hydrogens (tertiary/aromatic N) is 4. The summed E-state index contributed by atoms with van der Waals surface area (Å²) < 4.78 is 21.3. The third kappa shape index (κ3) is 4.97. The average molecular weight is 427 g/mol. The molecular formula is C24H31FN4O2. The van der Waals surface area contributed by atoms with Crippen LogP contribution in [0.2, 0.25) is 0 Å². The van der Waals surface area contributed by atoms with Gasteiger partial charge in [0.25, 0.3) is 0 Å². The molecule has 0 amide bonds. The van der Waals surface area contributed by atoms with E-state index in [1.54, 1.807) is 6.92 Å². The van der Waals surface area contributed by atoms with Crippen molar-refractivity contribution in [3.8, 4) is 5.75 Å².